The summed E-state index contributed by atoms with van der Waals surface area (Å²) in [5, 5.41) is 0. The van der Waals surface area contributed by atoms with Gasteiger partial charge in [0, 0.05) is 6.08 Å². The maximum Gasteiger partial charge on any atom is 0.241 e. The van der Waals surface area contributed by atoms with Crippen LogP contribution in [0.1, 0.15) is 17.5 Å². The van der Waals surface area contributed by atoms with Crippen molar-refractivity contribution in [1.82, 2.24) is 0 Å². The van der Waals surface area contributed by atoms with E-state index in [0.717, 1.165) is 11.1 Å². The van der Waals surface area contributed by atoms with Crippen molar-refractivity contribution in [2.75, 3.05) is 0 Å². The van der Waals surface area contributed by atoms with Crippen LogP contribution in [0.4, 0.5) is 4.39 Å². The first-order valence-electron chi connectivity index (χ1n) is 4.46. The second-order valence-corrected chi connectivity index (χ2v) is 3.34. The van der Waals surface area contributed by atoms with Crippen LogP contribution in [0.15, 0.2) is 24.3 Å². The number of fused-ring (bicyclic) bond motifs is 1. The molecule has 1 aromatic carbocycles. The smallest absolute Gasteiger partial charge is 0.241 e. The zero-order valence-electron chi connectivity index (χ0n) is 7.59. The molecule has 72 valence electrons. The molecule has 14 heavy (non-hydrogen) atoms. The Morgan fingerprint density at radius 2 is 2.21 bits per heavy atom. The average molecular weight is 191 g/mol. The number of nitrogens with two attached hydrogens (primary N) is 1. The molecule has 2 nitrogen and oxygen atoms in total. The van der Waals surface area contributed by atoms with Crippen molar-refractivity contribution in [3.63, 3.8) is 0 Å². The lowest BCUT2D eigenvalue weighted by Gasteiger charge is -2.00. The van der Waals surface area contributed by atoms with Crippen LogP contribution < -0.4 is 5.73 Å². The molecule has 0 heterocycles. The molecule has 2 rings (SSSR count). The third-order valence-electron chi connectivity index (χ3n) is 2.43. The average Bonchev–Trinajstić information content (AvgIpc) is 2.49. The van der Waals surface area contributed by atoms with E-state index < -0.39 is 5.91 Å². The van der Waals surface area contributed by atoms with E-state index >= 15 is 0 Å². The summed E-state index contributed by atoms with van der Waals surface area (Å²) in [4.78, 5) is 10.7. The van der Waals surface area contributed by atoms with Crippen LogP contribution in [0, 0.1) is 5.82 Å². The number of carbonyl (C=O) groups excluding carboxylic acids is 1. The van der Waals surface area contributed by atoms with Gasteiger partial charge in [-0.3, -0.25) is 4.79 Å². The van der Waals surface area contributed by atoms with E-state index in [9.17, 15) is 9.18 Å². The Morgan fingerprint density at radius 3 is 2.93 bits per heavy atom. The van der Waals surface area contributed by atoms with Gasteiger partial charge in [-0.2, -0.15) is 0 Å². The van der Waals surface area contributed by atoms with Crippen molar-refractivity contribution < 1.29 is 9.18 Å². The van der Waals surface area contributed by atoms with Crippen LogP contribution in [0.3, 0.4) is 0 Å². The molecule has 0 aliphatic heterocycles. The van der Waals surface area contributed by atoms with Gasteiger partial charge in [0.1, 0.15) is 5.82 Å². The molecule has 3 heteroatoms. The van der Waals surface area contributed by atoms with Crippen molar-refractivity contribution in [1.29, 1.82) is 0 Å². The van der Waals surface area contributed by atoms with Gasteiger partial charge in [-0.15, -0.1) is 0 Å². The molecule has 0 bridgehead atoms. The maximum atomic E-state index is 13.3. The summed E-state index contributed by atoms with van der Waals surface area (Å²) in [6.45, 7) is 0. The van der Waals surface area contributed by atoms with E-state index in [-0.39, 0.29) is 5.82 Å². The number of allylic oxidation sites excluding steroid dienone is 1. The topological polar surface area (TPSA) is 43.1 Å². The molecule has 1 aliphatic rings. The number of carbonyl (C=O) groups is 1. The Balaban J connectivity index is 2.50. The number of halogens is 1. The zero-order chi connectivity index (χ0) is 10.1. The zero-order valence-corrected chi connectivity index (χ0v) is 7.59. The fourth-order valence-corrected chi connectivity index (χ4v) is 1.83. The first kappa shape index (κ1) is 8.94. The van der Waals surface area contributed by atoms with Gasteiger partial charge in [0.2, 0.25) is 5.91 Å². The SMILES string of the molecule is NC(=O)C=C1CCc2c(F)cccc21. The fourth-order valence-electron chi connectivity index (χ4n) is 1.83. The Bertz CT molecular complexity index is 423. The predicted octanol–water partition coefficient (Wildman–Crippen LogP) is 1.64. The van der Waals surface area contributed by atoms with Crippen LogP contribution >= 0.6 is 0 Å². The predicted molar refractivity (Wildman–Crippen MR) is 51.9 cm³/mol. The molecule has 0 saturated carbocycles. The minimum Gasteiger partial charge on any atom is -0.366 e. The lowest BCUT2D eigenvalue weighted by atomic mass is 10.1. The number of primary amides is 1. The highest BCUT2D eigenvalue weighted by atomic mass is 19.1. The second-order valence-electron chi connectivity index (χ2n) is 3.34. The van der Waals surface area contributed by atoms with Crippen molar-refractivity contribution in [2.45, 2.75) is 12.8 Å². The van der Waals surface area contributed by atoms with Crippen LogP contribution in [-0.2, 0) is 11.2 Å². The molecule has 1 amide bonds. The number of amides is 1. The van der Waals surface area contributed by atoms with Crippen LogP contribution in [-0.4, -0.2) is 5.91 Å². The van der Waals surface area contributed by atoms with Gasteiger partial charge in [-0.1, -0.05) is 12.1 Å². The van der Waals surface area contributed by atoms with E-state index in [2.05, 4.69) is 0 Å². The quantitative estimate of drug-likeness (QED) is 0.674. The monoisotopic (exact) mass is 191 g/mol. The molecule has 2 N–H and O–H groups in total. The number of hydrogen-bond acceptors (Lipinski definition) is 1. The van der Waals surface area contributed by atoms with Crippen LogP contribution in [0.25, 0.3) is 5.57 Å². The first-order chi connectivity index (χ1) is 6.68. The van der Waals surface area contributed by atoms with E-state index in [1.54, 1.807) is 6.07 Å². The molecular weight excluding hydrogens is 181 g/mol. The first-order valence-corrected chi connectivity index (χ1v) is 4.46. The second kappa shape index (κ2) is 3.25. The standard InChI is InChI=1S/C11H10FNO/c12-10-3-1-2-8-7(6-11(13)14)4-5-9(8)10/h1-3,6H,4-5H2,(H2,13,14). The summed E-state index contributed by atoms with van der Waals surface area (Å²) >= 11 is 0. The summed E-state index contributed by atoms with van der Waals surface area (Å²) in [6, 6.07) is 4.90. The van der Waals surface area contributed by atoms with E-state index in [1.165, 1.54) is 12.1 Å². The van der Waals surface area contributed by atoms with Gasteiger partial charge in [-0.05, 0) is 35.6 Å². The summed E-state index contributed by atoms with van der Waals surface area (Å²) < 4.78 is 13.3. The third-order valence-corrected chi connectivity index (χ3v) is 2.43. The van der Waals surface area contributed by atoms with E-state index in [0.29, 0.717) is 18.4 Å². The molecule has 0 atom stereocenters. The molecule has 0 aromatic heterocycles. The van der Waals surface area contributed by atoms with Gasteiger partial charge < -0.3 is 5.73 Å². The molecule has 1 aromatic rings. The Kier molecular flexibility index (Phi) is 2.08. The molecule has 0 fully saturated rings. The van der Waals surface area contributed by atoms with Crippen molar-refractivity contribution in [3.8, 4) is 0 Å². The van der Waals surface area contributed by atoms with Crippen LogP contribution in [0.5, 0.6) is 0 Å². The molecule has 0 unspecified atom stereocenters. The Labute approximate surface area is 81.2 Å². The number of rotatable bonds is 1. The Morgan fingerprint density at radius 1 is 1.43 bits per heavy atom. The van der Waals surface area contributed by atoms with Gasteiger partial charge in [0.25, 0.3) is 0 Å². The summed E-state index contributed by atoms with van der Waals surface area (Å²) in [6.07, 6.45) is 2.73. The van der Waals surface area contributed by atoms with Gasteiger partial charge in [0.05, 0.1) is 0 Å². The Hall–Kier alpha value is -1.64. The largest absolute Gasteiger partial charge is 0.366 e. The maximum absolute atomic E-state index is 13.3. The van der Waals surface area contributed by atoms with E-state index in [4.69, 9.17) is 5.73 Å². The van der Waals surface area contributed by atoms with Crippen molar-refractivity contribution >= 4 is 11.5 Å². The number of benzene rings is 1. The lowest BCUT2D eigenvalue weighted by molar-refractivity contribution is -0.113. The van der Waals surface area contributed by atoms with Crippen molar-refractivity contribution in [2.24, 2.45) is 5.73 Å². The minimum atomic E-state index is -0.475. The van der Waals surface area contributed by atoms with Gasteiger partial charge in [-0.25, -0.2) is 4.39 Å². The lowest BCUT2D eigenvalue weighted by Crippen LogP contribution is -2.06. The normalized spacial score (nSPS) is 17.1. The number of hydrogen-bond donors (Lipinski definition) is 1. The highest BCUT2D eigenvalue weighted by Gasteiger charge is 2.19. The van der Waals surface area contributed by atoms with E-state index in [1.807, 2.05) is 6.07 Å². The highest BCUT2D eigenvalue weighted by Crippen LogP contribution is 2.33. The molecule has 0 saturated heterocycles. The van der Waals surface area contributed by atoms with Crippen LogP contribution in [0.2, 0.25) is 0 Å². The summed E-state index contributed by atoms with van der Waals surface area (Å²) in [5.41, 5.74) is 7.42. The van der Waals surface area contributed by atoms with Gasteiger partial charge >= 0.3 is 0 Å². The van der Waals surface area contributed by atoms with Gasteiger partial charge in [0.15, 0.2) is 0 Å². The van der Waals surface area contributed by atoms with Crippen molar-refractivity contribution in [3.05, 3.63) is 41.2 Å². The molecule has 0 radical (unpaired) electrons. The highest BCUT2D eigenvalue weighted by molar-refractivity contribution is 5.95. The third kappa shape index (κ3) is 1.41. The summed E-state index contributed by atoms with van der Waals surface area (Å²) in [7, 11) is 0. The fraction of sp³-hybridized carbons (Fsp3) is 0.182. The molecule has 0 spiro atoms. The summed E-state index contributed by atoms with van der Waals surface area (Å²) in [5.74, 6) is -0.674. The minimum absolute atomic E-state index is 0.199. The molecular formula is C11H10FNO. The molecule has 1 aliphatic carbocycles.